The van der Waals surface area contributed by atoms with E-state index in [0.29, 0.717) is 18.1 Å². The molecule has 2 aliphatic carbocycles. The molecule has 0 bridgehead atoms. The highest BCUT2D eigenvalue weighted by Gasteiger charge is 2.47. The van der Waals surface area contributed by atoms with Crippen molar-refractivity contribution in [3.8, 4) is 0 Å². The van der Waals surface area contributed by atoms with Gasteiger partial charge in [-0.2, -0.15) is 0 Å². The summed E-state index contributed by atoms with van der Waals surface area (Å²) in [7, 11) is 0. The van der Waals surface area contributed by atoms with Crippen LogP contribution in [0.2, 0.25) is 0 Å². The van der Waals surface area contributed by atoms with Gasteiger partial charge in [-0.25, -0.2) is 4.98 Å². The van der Waals surface area contributed by atoms with Crippen molar-refractivity contribution in [3.63, 3.8) is 0 Å². The van der Waals surface area contributed by atoms with Gasteiger partial charge in [-0.1, -0.05) is 20.8 Å². The number of nitrogens with zero attached hydrogens (tertiary/aromatic N) is 1. The molecular formula is C15H21NOS. The summed E-state index contributed by atoms with van der Waals surface area (Å²) in [6, 6.07) is 0. The maximum atomic E-state index is 12.2. The van der Waals surface area contributed by atoms with E-state index < -0.39 is 0 Å². The van der Waals surface area contributed by atoms with Crippen molar-refractivity contribution in [1.82, 2.24) is 4.98 Å². The lowest BCUT2D eigenvalue weighted by atomic mass is 9.93. The molecule has 2 atom stereocenters. The summed E-state index contributed by atoms with van der Waals surface area (Å²) in [6.07, 6.45) is 4.25. The highest BCUT2D eigenvalue weighted by Crippen LogP contribution is 2.54. The van der Waals surface area contributed by atoms with Gasteiger partial charge in [0.05, 0.1) is 12.1 Å². The number of aromatic nitrogens is 1. The molecule has 0 radical (unpaired) electrons. The normalized spacial score (nSPS) is 30.3. The van der Waals surface area contributed by atoms with Gasteiger partial charge in [-0.15, -0.1) is 11.3 Å². The first-order valence-electron chi connectivity index (χ1n) is 6.91. The predicted molar refractivity (Wildman–Crippen MR) is 73.8 cm³/mol. The van der Waals surface area contributed by atoms with Crippen LogP contribution in [-0.4, -0.2) is 10.8 Å². The summed E-state index contributed by atoms with van der Waals surface area (Å²) >= 11 is 1.64. The number of hydrogen-bond acceptors (Lipinski definition) is 3. The van der Waals surface area contributed by atoms with E-state index in [1.165, 1.54) is 6.42 Å². The van der Waals surface area contributed by atoms with Gasteiger partial charge in [0.2, 0.25) is 0 Å². The van der Waals surface area contributed by atoms with Crippen LogP contribution in [0.5, 0.6) is 0 Å². The lowest BCUT2D eigenvalue weighted by Crippen LogP contribution is -2.16. The Balaban J connectivity index is 1.62. The Kier molecular flexibility index (Phi) is 2.85. The summed E-state index contributed by atoms with van der Waals surface area (Å²) in [6.45, 7) is 6.49. The van der Waals surface area contributed by atoms with Crippen LogP contribution in [0.25, 0.3) is 0 Å². The molecule has 98 valence electrons. The van der Waals surface area contributed by atoms with Gasteiger partial charge in [-0.3, -0.25) is 4.79 Å². The quantitative estimate of drug-likeness (QED) is 0.834. The highest BCUT2D eigenvalue weighted by molar-refractivity contribution is 7.09. The number of ketones is 1. The molecule has 3 rings (SSSR count). The standard InChI is InChI=1S/C15H21NOS/c1-15(2,3)13-8-18-14(16-13)7-12(17)11-5-9-4-10(9)6-11/h8-11H,4-7H2,1-3H3. The molecule has 0 amide bonds. The third kappa shape index (κ3) is 2.37. The molecule has 0 N–H and O–H groups in total. The second-order valence-corrected chi connectivity index (χ2v) is 7.89. The molecular weight excluding hydrogens is 242 g/mol. The first-order chi connectivity index (χ1) is 8.43. The van der Waals surface area contributed by atoms with Crippen molar-refractivity contribution in [1.29, 1.82) is 0 Å². The van der Waals surface area contributed by atoms with Gasteiger partial charge in [0.25, 0.3) is 0 Å². The molecule has 2 fully saturated rings. The average molecular weight is 263 g/mol. The average Bonchev–Trinajstić information content (AvgIpc) is 2.75. The van der Waals surface area contributed by atoms with Crippen LogP contribution in [0, 0.1) is 17.8 Å². The molecule has 0 saturated heterocycles. The Hall–Kier alpha value is -0.700. The van der Waals surface area contributed by atoms with E-state index in [1.807, 2.05) is 0 Å². The SMILES string of the molecule is CC(C)(C)c1csc(CC(=O)C2CC3CC3C2)n1. The van der Waals surface area contributed by atoms with Crippen molar-refractivity contribution >= 4 is 17.1 Å². The Labute approximate surface area is 113 Å². The summed E-state index contributed by atoms with van der Waals surface area (Å²) in [4.78, 5) is 16.8. The second kappa shape index (κ2) is 4.16. The van der Waals surface area contributed by atoms with E-state index in [4.69, 9.17) is 0 Å². The van der Waals surface area contributed by atoms with Crippen LogP contribution < -0.4 is 0 Å². The Bertz CT molecular complexity index is 461. The molecule has 2 unspecified atom stereocenters. The van der Waals surface area contributed by atoms with Gasteiger partial charge in [0, 0.05) is 16.7 Å². The highest BCUT2D eigenvalue weighted by atomic mass is 32.1. The van der Waals surface area contributed by atoms with E-state index in [2.05, 4.69) is 31.1 Å². The summed E-state index contributed by atoms with van der Waals surface area (Å²) in [5.41, 5.74) is 1.21. The lowest BCUT2D eigenvalue weighted by Gasteiger charge is -2.14. The smallest absolute Gasteiger partial charge is 0.142 e. The minimum Gasteiger partial charge on any atom is -0.299 e. The molecule has 2 saturated carbocycles. The van der Waals surface area contributed by atoms with Crippen molar-refractivity contribution < 1.29 is 4.79 Å². The fourth-order valence-corrected chi connectivity index (χ4v) is 4.04. The molecule has 1 aromatic heterocycles. The van der Waals surface area contributed by atoms with E-state index in [1.54, 1.807) is 11.3 Å². The van der Waals surface area contributed by atoms with Crippen LogP contribution in [0.4, 0.5) is 0 Å². The van der Waals surface area contributed by atoms with Gasteiger partial charge in [-0.05, 0) is 31.1 Å². The third-order valence-electron chi connectivity index (χ3n) is 4.34. The molecule has 0 aliphatic heterocycles. The van der Waals surface area contributed by atoms with Crippen LogP contribution in [0.3, 0.4) is 0 Å². The summed E-state index contributed by atoms with van der Waals surface area (Å²) in [5, 5.41) is 3.11. The molecule has 0 aromatic carbocycles. The number of thiazole rings is 1. The maximum absolute atomic E-state index is 12.2. The fraction of sp³-hybridized carbons (Fsp3) is 0.733. The van der Waals surface area contributed by atoms with E-state index in [0.717, 1.165) is 35.4 Å². The van der Waals surface area contributed by atoms with Crippen molar-refractivity contribution in [2.75, 3.05) is 0 Å². The summed E-state index contributed by atoms with van der Waals surface area (Å²) < 4.78 is 0. The first kappa shape index (κ1) is 12.3. The maximum Gasteiger partial charge on any atom is 0.142 e. The van der Waals surface area contributed by atoms with Crippen LogP contribution in [-0.2, 0) is 16.6 Å². The molecule has 1 aromatic rings. The van der Waals surface area contributed by atoms with Crippen molar-refractivity contribution in [2.24, 2.45) is 17.8 Å². The van der Waals surface area contributed by atoms with E-state index in [9.17, 15) is 4.79 Å². The largest absolute Gasteiger partial charge is 0.299 e. The molecule has 3 heteroatoms. The Morgan fingerprint density at radius 2 is 2.00 bits per heavy atom. The number of rotatable bonds is 3. The lowest BCUT2D eigenvalue weighted by molar-refractivity contribution is -0.122. The van der Waals surface area contributed by atoms with Gasteiger partial charge in [0.15, 0.2) is 0 Å². The zero-order valence-corrected chi connectivity index (χ0v) is 12.2. The van der Waals surface area contributed by atoms with Gasteiger partial charge < -0.3 is 0 Å². The Morgan fingerprint density at radius 1 is 1.33 bits per heavy atom. The molecule has 2 nitrogen and oxygen atoms in total. The predicted octanol–water partition coefficient (Wildman–Crippen LogP) is 3.60. The molecule has 18 heavy (non-hydrogen) atoms. The molecule has 2 aliphatic rings. The van der Waals surface area contributed by atoms with E-state index >= 15 is 0 Å². The van der Waals surface area contributed by atoms with Crippen LogP contribution in [0.15, 0.2) is 5.38 Å². The second-order valence-electron chi connectivity index (χ2n) is 6.94. The van der Waals surface area contributed by atoms with Crippen molar-refractivity contribution in [2.45, 2.75) is 51.9 Å². The van der Waals surface area contributed by atoms with Crippen molar-refractivity contribution in [3.05, 3.63) is 16.1 Å². The number of hydrogen-bond donors (Lipinski definition) is 0. The number of fused-ring (bicyclic) bond motifs is 1. The minimum absolute atomic E-state index is 0.0901. The first-order valence-corrected chi connectivity index (χ1v) is 7.79. The fourth-order valence-electron chi connectivity index (χ4n) is 3.01. The molecule has 1 heterocycles. The summed E-state index contributed by atoms with van der Waals surface area (Å²) in [5.74, 6) is 2.55. The van der Waals surface area contributed by atoms with Gasteiger partial charge >= 0.3 is 0 Å². The zero-order valence-electron chi connectivity index (χ0n) is 11.4. The topological polar surface area (TPSA) is 30.0 Å². The molecule has 0 spiro atoms. The van der Waals surface area contributed by atoms with Crippen LogP contribution in [0.1, 0.15) is 50.7 Å². The minimum atomic E-state index is 0.0901. The van der Waals surface area contributed by atoms with Gasteiger partial charge in [0.1, 0.15) is 10.8 Å². The Morgan fingerprint density at radius 3 is 2.56 bits per heavy atom. The number of carbonyl (C=O) groups is 1. The van der Waals surface area contributed by atoms with E-state index in [-0.39, 0.29) is 5.41 Å². The third-order valence-corrected chi connectivity index (χ3v) is 5.19. The monoisotopic (exact) mass is 263 g/mol. The zero-order chi connectivity index (χ0) is 12.9. The van der Waals surface area contributed by atoms with Crippen LogP contribution >= 0.6 is 11.3 Å². The number of carbonyl (C=O) groups excluding carboxylic acids is 1. The number of Topliss-reactive ketones (excluding diaryl/α,β-unsaturated/α-hetero) is 1.